The van der Waals surface area contributed by atoms with Crippen LogP contribution in [0.15, 0.2) is 127 Å². The van der Waals surface area contributed by atoms with Crippen LogP contribution in [-0.4, -0.2) is 54.2 Å². The average molecular weight is 939 g/mol. The van der Waals surface area contributed by atoms with Gasteiger partial charge in [0.15, 0.2) is 5.69 Å². The van der Waals surface area contributed by atoms with Gasteiger partial charge in [0, 0.05) is 6.10 Å². The SMILES string of the molecule is CC(CCCCC[C@@](OCc1ccccc1)(C(=O)NNC(=O)c1nc(OCc2ccccc2)c(C(F)(F)F)cc1NC(=O)O)C(F)(F)F)O[Si](c1ccccc1)(c1ccccc1)C(C)(C)C. The number of hydrogen-bond donors (Lipinski definition) is 4. The van der Waals surface area contributed by atoms with E-state index < -0.39 is 86.6 Å². The first-order valence-corrected chi connectivity index (χ1v) is 23.0. The number of benzene rings is 4. The van der Waals surface area contributed by atoms with Crippen LogP contribution in [0.3, 0.4) is 0 Å². The lowest BCUT2D eigenvalue weighted by atomic mass is 9.93. The zero-order valence-corrected chi connectivity index (χ0v) is 37.8. The van der Waals surface area contributed by atoms with Gasteiger partial charge in [-0.25, -0.2) is 9.78 Å². The van der Waals surface area contributed by atoms with E-state index in [1.165, 1.54) is 24.3 Å². The van der Waals surface area contributed by atoms with Crippen LogP contribution in [0.4, 0.5) is 36.8 Å². The van der Waals surface area contributed by atoms with Gasteiger partial charge in [0.25, 0.3) is 20.1 Å². The number of amides is 3. The highest BCUT2D eigenvalue weighted by atomic mass is 28.4. The van der Waals surface area contributed by atoms with E-state index in [-0.39, 0.29) is 30.1 Å². The number of halogens is 6. The first-order valence-electron chi connectivity index (χ1n) is 21.1. The molecule has 0 saturated heterocycles. The van der Waals surface area contributed by atoms with Crippen LogP contribution in [0.2, 0.25) is 5.04 Å². The van der Waals surface area contributed by atoms with Crippen molar-refractivity contribution in [3.63, 3.8) is 0 Å². The van der Waals surface area contributed by atoms with E-state index >= 15 is 13.2 Å². The molecule has 4 N–H and O–H groups in total. The van der Waals surface area contributed by atoms with E-state index in [1.54, 1.807) is 52.6 Å². The van der Waals surface area contributed by atoms with Crippen molar-refractivity contribution >= 4 is 42.3 Å². The van der Waals surface area contributed by atoms with Gasteiger partial charge >= 0.3 is 18.4 Å². The minimum absolute atomic E-state index is 0.170. The molecular weight excluding hydrogens is 887 g/mol. The molecule has 0 saturated carbocycles. The number of unbranched alkanes of at least 4 members (excludes halogenated alkanes) is 2. The summed E-state index contributed by atoms with van der Waals surface area (Å²) in [4.78, 5) is 42.6. The summed E-state index contributed by atoms with van der Waals surface area (Å²) in [5.41, 5.74) is -2.95. The van der Waals surface area contributed by atoms with Gasteiger partial charge in [-0.1, -0.05) is 155 Å². The number of nitrogens with one attached hydrogen (secondary N) is 3. The average Bonchev–Trinajstić information content (AvgIpc) is 3.27. The number of pyridine rings is 1. The maximum Gasteiger partial charge on any atom is 0.426 e. The van der Waals surface area contributed by atoms with Crippen molar-refractivity contribution in [2.45, 2.75) is 102 Å². The number of hydrogen-bond acceptors (Lipinski definition) is 7. The van der Waals surface area contributed by atoms with Crippen molar-refractivity contribution in [1.82, 2.24) is 15.8 Å². The lowest BCUT2D eigenvalue weighted by molar-refractivity contribution is -0.273. The Bertz CT molecular complexity index is 2330. The fourth-order valence-corrected chi connectivity index (χ4v) is 12.3. The molecule has 18 heteroatoms. The molecule has 11 nitrogen and oxygen atoms in total. The third kappa shape index (κ3) is 12.6. The summed E-state index contributed by atoms with van der Waals surface area (Å²) in [5.74, 6) is -4.55. The molecule has 1 unspecified atom stereocenters. The maximum atomic E-state index is 15.3. The van der Waals surface area contributed by atoms with E-state index in [0.717, 1.165) is 10.4 Å². The van der Waals surface area contributed by atoms with E-state index in [2.05, 4.69) is 50.0 Å². The number of alkyl halides is 6. The lowest BCUT2D eigenvalue weighted by Crippen LogP contribution is -2.67. The number of ether oxygens (including phenoxy) is 2. The molecule has 0 aliphatic carbocycles. The van der Waals surface area contributed by atoms with Crippen LogP contribution < -0.4 is 31.3 Å². The summed E-state index contributed by atoms with van der Waals surface area (Å²) >= 11 is 0. The first kappa shape index (κ1) is 50.8. The Hall–Kier alpha value is -6.24. The van der Waals surface area contributed by atoms with Gasteiger partial charge in [-0.15, -0.1) is 0 Å². The monoisotopic (exact) mass is 938 g/mol. The number of carbonyl (C=O) groups excluding carboxylic acids is 2. The fraction of sp³-hybridized carbons (Fsp3) is 0.333. The number of carboxylic acid groups (broad SMARTS) is 1. The number of hydrazine groups is 1. The van der Waals surface area contributed by atoms with Crippen molar-refractivity contribution in [2.75, 3.05) is 5.32 Å². The molecular formula is C48H52F6N4O7Si. The molecule has 1 aromatic heterocycles. The summed E-state index contributed by atoms with van der Waals surface area (Å²) in [6.45, 7) is 7.21. The van der Waals surface area contributed by atoms with Crippen LogP contribution in [0, 0.1) is 0 Å². The van der Waals surface area contributed by atoms with Crippen molar-refractivity contribution in [2.24, 2.45) is 0 Å². The molecule has 3 amide bonds. The van der Waals surface area contributed by atoms with Gasteiger partial charge in [-0.3, -0.25) is 25.8 Å². The Balaban J connectivity index is 1.36. The standard InChI is InChI=1S/C48H52F6N4O7Si/c1-33(65-66(45(2,3)4,36-25-15-7-16-26-36)37-27-17-8-18-28-37)20-10-9-19-29-46(48(52,53)54,64-32-35-23-13-6-14-24-35)43(60)58-57-41(59)40-39(55-44(61)62)30-38(47(49,50)51)42(56-40)63-31-34-21-11-5-12-22-34/h5-8,11-18,21-28,30,33,55H,9-10,19-20,29,31-32H2,1-4H3,(H,57,59)(H,58,60)(H,61,62)/t33?,46-/m1/s1. The third-order valence-electron chi connectivity index (χ3n) is 10.8. The van der Waals surface area contributed by atoms with Crippen LogP contribution in [0.1, 0.15) is 87.0 Å². The Morgan fingerprint density at radius 1 is 0.712 bits per heavy atom. The molecule has 4 aromatic carbocycles. The minimum Gasteiger partial charge on any atom is -0.472 e. The van der Waals surface area contributed by atoms with Crippen molar-refractivity contribution in [3.05, 3.63) is 150 Å². The smallest absolute Gasteiger partial charge is 0.426 e. The lowest BCUT2D eigenvalue weighted by Gasteiger charge is -2.44. The molecule has 0 bridgehead atoms. The molecule has 2 atom stereocenters. The first-order chi connectivity index (χ1) is 31.2. The van der Waals surface area contributed by atoms with Crippen LogP contribution in [0.5, 0.6) is 5.88 Å². The van der Waals surface area contributed by atoms with Crippen molar-refractivity contribution in [3.8, 4) is 5.88 Å². The summed E-state index contributed by atoms with van der Waals surface area (Å²) in [5, 5.41) is 12.9. The second-order valence-electron chi connectivity index (χ2n) is 16.6. The van der Waals surface area contributed by atoms with Gasteiger partial charge < -0.3 is 19.0 Å². The number of nitrogens with zero attached hydrogens (tertiary/aromatic N) is 1. The second-order valence-corrected chi connectivity index (χ2v) is 20.9. The summed E-state index contributed by atoms with van der Waals surface area (Å²) < 4.78 is 106. The van der Waals surface area contributed by atoms with E-state index in [9.17, 15) is 32.7 Å². The molecule has 352 valence electrons. The zero-order chi connectivity index (χ0) is 48.2. The number of rotatable bonds is 19. The van der Waals surface area contributed by atoms with Crippen LogP contribution in [-0.2, 0) is 33.3 Å². The molecule has 1 heterocycles. The largest absolute Gasteiger partial charge is 0.472 e. The highest BCUT2D eigenvalue weighted by molar-refractivity contribution is 6.99. The summed E-state index contributed by atoms with van der Waals surface area (Å²) in [6.07, 6.45) is -12.7. The number of aromatic nitrogens is 1. The van der Waals surface area contributed by atoms with Crippen molar-refractivity contribution < 1.29 is 59.7 Å². The van der Waals surface area contributed by atoms with Crippen molar-refractivity contribution in [1.29, 1.82) is 0 Å². The fourth-order valence-electron chi connectivity index (χ4n) is 7.61. The Labute approximate surface area is 380 Å². The van der Waals surface area contributed by atoms with E-state index in [0.29, 0.717) is 24.0 Å². The van der Waals surface area contributed by atoms with E-state index in [4.69, 9.17) is 13.9 Å². The Morgan fingerprint density at radius 2 is 1.23 bits per heavy atom. The topological polar surface area (TPSA) is 148 Å². The molecule has 0 spiro atoms. The zero-order valence-electron chi connectivity index (χ0n) is 36.8. The Morgan fingerprint density at radius 3 is 1.71 bits per heavy atom. The maximum absolute atomic E-state index is 15.3. The van der Waals surface area contributed by atoms with Crippen LogP contribution in [0.25, 0.3) is 0 Å². The third-order valence-corrected chi connectivity index (χ3v) is 16.0. The molecule has 66 heavy (non-hydrogen) atoms. The van der Waals surface area contributed by atoms with Crippen LogP contribution >= 0.6 is 0 Å². The summed E-state index contributed by atoms with van der Waals surface area (Å²) in [6, 6.07) is 35.9. The molecule has 0 aliphatic rings. The van der Waals surface area contributed by atoms with E-state index in [1.807, 2.05) is 43.3 Å². The second kappa shape index (κ2) is 21.8. The molecule has 0 aliphatic heterocycles. The van der Waals surface area contributed by atoms with Gasteiger partial charge in [0.05, 0.1) is 12.3 Å². The predicted octanol–water partition coefficient (Wildman–Crippen LogP) is 9.96. The predicted molar refractivity (Wildman–Crippen MR) is 239 cm³/mol. The highest BCUT2D eigenvalue weighted by Gasteiger charge is 2.61. The van der Waals surface area contributed by atoms with Gasteiger partial charge in [-0.2, -0.15) is 26.3 Å². The highest BCUT2D eigenvalue weighted by Crippen LogP contribution is 2.41. The Kier molecular flexibility index (Phi) is 16.8. The van der Waals surface area contributed by atoms with Gasteiger partial charge in [-0.05, 0) is 58.8 Å². The molecule has 0 fully saturated rings. The molecule has 5 rings (SSSR count). The number of carbonyl (C=O) groups is 3. The summed E-state index contributed by atoms with van der Waals surface area (Å²) in [7, 11) is -2.93. The number of anilines is 1. The minimum atomic E-state index is -5.36. The molecule has 0 radical (unpaired) electrons. The quantitative estimate of drug-likeness (QED) is 0.0277. The van der Waals surface area contributed by atoms with Gasteiger partial charge in [0.2, 0.25) is 11.5 Å². The molecule has 5 aromatic rings. The van der Waals surface area contributed by atoms with Gasteiger partial charge in [0.1, 0.15) is 12.2 Å². The normalized spacial score (nSPS) is 13.5.